The van der Waals surface area contributed by atoms with Crippen molar-refractivity contribution in [3.05, 3.63) is 47.3 Å². The fourth-order valence-electron chi connectivity index (χ4n) is 1.13. The monoisotopic (exact) mass is 159 g/mol. The number of rotatable bonds is 2. The van der Waals surface area contributed by atoms with Gasteiger partial charge in [0.2, 0.25) is 5.54 Å². The minimum Gasteiger partial charge on any atom is -0.311 e. The predicted molar refractivity (Wildman–Crippen MR) is 50.8 cm³/mol. The van der Waals surface area contributed by atoms with Gasteiger partial charge in [0.25, 0.3) is 0 Å². The van der Waals surface area contributed by atoms with Crippen LogP contribution in [0.25, 0.3) is 4.85 Å². The molecule has 0 bridgehead atoms. The predicted octanol–water partition coefficient (Wildman–Crippen LogP) is 2.93. The number of nitrogens with zero attached hydrogens (tertiary/aromatic N) is 1. The molecule has 0 radical (unpaired) electrons. The molecule has 0 amide bonds. The smallest absolute Gasteiger partial charge is 0.231 e. The molecule has 0 unspecified atom stereocenters. The summed E-state index contributed by atoms with van der Waals surface area (Å²) in [6, 6.07) is 10.1. The molecule has 62 valence electrons. The Morgan fingerprint density at radius 2 is 1.83 bits per heavy atom. The minimum absolute atomic E-state index is 0.263. The second-order valence-corrected chi connectivity index (χ2v) is 3.59. The fraction of sp³-hybridized carbons (Fsp3) is 0.364. The molecule has 0 heterocycles. The Morgan fingerprint density at radius 3 is 2.33 bits per heavy atom. The van der Waals surface area contributed by atoms with Crippen LogP contribution in [0.15, 0.2) is 30.3 Å². The molecule has 1 aromatic carbocycles. The van der Waals surface area contributed by atoms with Crippen LogP contribution in [0.2, 0.25) is 0 Å². The van der Waals surface area contributed by atoms with Crippen molar-refractivity contribution in [3.63, 3.8) is 0 Å². The van der Waals surface area contributed by atoms with Crippen LogP contribution in [0.4, 0.5) is 0 Å². The van der Waals surface area contributed by atoms with Crippen molar-refractivity contribution in [1.29, 1.82) is 0 Å². The SMILES string of the molecule is [C-]#[N+]C(C)(C)Cc1ccccc1. The van der Waals surface area contributed by atoms with Gasteiger partial charge in [-0.1, -0.05) is 30.3 Å². The van der Waals surface area contributed by atoms with Crippen molar-refractivity contribution in [2.75, 3.05) is 0 Å². The first-order valence-electron chi connectivity index (χ1n) is 4.07. The average Bonchev–Trinajstić information content (AvgIpc) is 2.06. The van der Waals surface area contributed by atoms with Gasteiger partial charge in [0.1, 0.15) is 0 Å². The van der Waals surface area contributed by atoms with Gasteiger partial charge < -0.3 is 4.85 Å². The second-order valence-electron chi connectivity index (χ2n) is 3.59. The summed E-state index contributed by atoms with van der Waals surface area (Å²) in [6.45, 7) is 10.9. The maximum Gasteiger partial charge on any atom is 0.231 e. The van der Waals surface area contributed by atoms with E-state index in [1.165, 1.54) is 5.56 Å². The van der Waals surface area contributed by atoms with Crippen molar-refractivity contribution in [1.82, 2.24) is 0 Å². The Bertz CT molecular complexity index is 280. The molecule has 12 heavy (non-hydrogen) atoms. The van der Waals surface area contributed by atoms with E-state index in [-0.39, 0.29) is 5.54 Å². The molecular formula is C11H13N. The van der Waals surface area contributed by atoms with Crippen molar-refractivity contribution in [2.45, 2.75) is 25.8 Å². The van der Waals surface area contributed by atoms with Gasteiger partial charge in [-0.25, -0.2) is 6.57 Å². The summed E-state index contributed by atoms with van der Waals surface area (Å²) in [5.41, 5.74) is 0.972. The maximum atomic E-state index is 6.98. The van der Waals surface area contributed by atoms with E-state index in [2.05, 4.69) is 17.0 Å². The van der Waals surface area contributed by atoms with Crippen molar-refractivity contribution in [2.24, 2.45) is 0 Å². The summed E-state index contributed by atoms with van der Waals surface area (Å²) in [6.07, 6.45) is 0.831. The lowest BCUT2D eigenvalue weighted by molar-refractivity contribution is 0.609. The molecule has 1 aromatic rings. The molecule has 0 aliphatic rings. The third kappa shape index (κ3) is 2.39. The van der Waals surface area contributed by atoms with Gasteiger partial charge in [0.15, 0.2) is 0 Å². The van der Waals surface area contributed by atoms with E-state index in [0.717, 1.165) is 6.42 Å². The molecule has 0 aliphatic heterocycles. The molecule has 1 nitrogen and oxygen atoms in total. The molecule has 0 saturated carbocycles. The number of hydrogen-bond donors (Lipinski definition) is 0. The van der Waals surface area contributed by atoms with Crippen LogP contribution in [0, 0.1) is 6.57 Å². The zero-order chi connectivity index (χ0) is 9.03. The highest BCUT2D eigenvalue weighted by atomic mass is 14.8. The minimum atomic E-state index is -0.263. The molecule has 0 aromatic heterocycles. The highest BCUT2D eigenvalue weighted by molar-refractivity contribution is 5.18. The van der Waals surface area contributed by atoms with Crippen molar-refractivity contribution < 1.29 is 0 Å². The van der Waals surface area contributed by atoms with Crippen LogP contribution < -0.4 is 0 Å². The molecule has 0 N–H and O–H groups in total. The maximum absolute atomic E-state index is 6.98. The largest absolute Gasteiger partial charge is 0.311 e. The fourth-order valence-corrected chi connectivity index (χ4v) is 1.13. The summed E-state index contributed by atoms with van der Waals surface area (Å²) in [5, 5.41) is 0. The van der Waals surface area contributed by atoms with E-state index in [1.807, 2.05) is 32.0 Å². The molecule has 1 heteroatoms. The number of hydrogen-bond acceptors (Lipinski definition) is 0. The highest BCUT2D eigenvalue weighted by Gasteiger charge is 2.22. The first-order chi connectivity index (χ1) is 5.64. The quantitative estimate of drug-likeness (QED) is 0.584. The summed E-state index contributed by atoms with van der Waals surface area (Å²) >= 11 is 0. The van der Waals surface area contributed by atoms with Crippen molar-refractivity contribution >= 4 is 0 Å². The third-order valence-corrected chi connectivity index (χ3v) is 1.78. The molecule has 0 aliphatic carbocycles. The molecule has 1 rings (SSSR count). The molecule has 0 fully saturated rings. The standard InChI is InChI=1S/C11H13N/c1-11(2,12-3)9-10-7-5-4-6-8-10/h4-8H,9H2,1-2H3. The molecule has 0 spiro atoms. The Hall–Kier alpha value is -1.29. The first-order valence-corrected chi connectivity index (χ1v) is 4.07. The van der Waals surface area contributed by atoms with E-state index >= 15 is 0 Å². The summed E-state index contributed by atoms with van der Waals surface area (Å²) < 4.78 is 0. The Morgan fingerprint density at radius 1 is 1.25 bits per heavy atom. The van der Waals surface area contributed by atoms with Crippen LogP contribution in [0.3, 0.4) is 0 Å². The zero-order valence-electron chi connectivity index (χ0n) is 7.54. The molecule has 0 atom stereocenters. The Labute approximate surface area is 73.9 Å². The van der Waals surface area contributed by atoms with Gasteiger partial charge in [-0.15, -0.1) is 0 Å². The highest BCUT2D eigenvalue weighted by Crippen LogP contribution is 2.15. The van der Waals surface area contributed by atoms with E-state index in [4.69, 9.17) is 6.57 Å². The van der Waals surface area contributed by atoms with Crippen molar-refractivity contribution in [3.8, 4) is 0 Å². The van der Waals surface area contributed by atoms with E-state index in [1.54, 1.807) is 0 Å². The molecule has 0 saturated heterocycles. The average molecular weight is 159 g/mol. The summed E-state index contributed by atoms with van der Waals surface area (Å²) in [5.74, 6) is 0. The Balaban J connectivity index is 2.72. The number of benzene rings is 1. The van der Waals surface area contributed by atoms with E-state index in [9.17, 15) is 0 Å². The van der Waals surface area contributed by atoms with Gasteiger partial charge >= 0.3 is 0 Å². The molecular weight excluding hydrogens is 146 g/mol. The summed E-state index contributed by atoms with van der Waals surface area (Å²) in [4.78, 5) is 3.57. The van der Waals surface area contributed by atoms with Gasteiger partial charge in [-0.05, 0) is 5.56 Å². The van der Waals surface area contributed by atoms with Gasteiger partial charge in [0, 0.05) is 13.8 Å². The van der Waals surface area contributed by atoms with Crippen LogP contribution >= 0.6 is 0 Å². The lowest BCUT2D eigenvalue weighted by Gasteiger charge is -2.10. The van der Waals surface area contributed by atoms with Crippen LogP contribution in [-0.4, -0.2) is 5.54 Å². The van der Waals surface area contributed by atoms with E-state index < -0.39 is 0 Å². The van der Waals surface area contributed by atoms with Crippen LogP contribution in [0.5, 0.6) is 0 Å². The second kappa shape index (κ2) is 3.40. The zero-order valence-corrected chi connectivity index (χ0v) is 7.54. The normalized spacial score (nSPS) is 10.8. The van der Waals surface area contributed by atoms with Crippen LogP contribution in [0.1, 0.15) is 19.4 Å². The lowest BCUT2D eigenvalue weighted by Crippen LogP contribution is -2.17. The Kier molecular flexibility index (Phi) is 2.50. The van der Waals surface area contributed by atoms with E-state index in [0.29, 0.717) is 0 Å². The van der Waals surface area contributed by atoms with Gasteiger partial charge in [-0.2, -0.15) is 0 Å². The third-order valence-electron chi connectivity index (χ3n) is 1.78. The topological polar surface area (TPSA) is 4.36 Å². The first kappa shape index (κ1) is 8.80. The van der Waals surface area contributed by atoms with Gasteiger partial charge in [0.05, 0.1) is 6.42 Å². The summed E-state index contributed by atoms with van der Waals surface area (Å²) in [7, 11) is 0. The van der Waals surface area contributed by atoms with Crippen LogP contribution in [-0.2, 0) is 6.42 Å². The van der Waals surface area contributed by atoms with Gasteiger partial charge in [-0.3, -0.25) is 0 Å². The lowest BCUT2D eigenvalue weighted by atomic mass is 9.96.